The van der Waals surface area contributed by atoms with Crippen molar-refractivity contribution in [1.29, 1.82) is 0 Å². The lowest BCUT2D eigenvalue weighted by molar-refractivity contribution is -0.129. The van der Waals surface area contributed by atoms with E-state index in [2.05, 4.69) is 39.7 Å². The third-order valence-corrected chi connectivity index (χ3v) is 6.43. The van der Waals surface area contributed by atoms with E-state index in [0.717, 1.165) is 13.1 Å². The SMILES string of the molecule is Cc1cccc(N2CCN(C(=O)CN=C3NS(=O)(=O)c4ccccc43)CC2)c1. The summed E-state index contributed by atoms with van der Waals surface area (Å²) in [7, 11) is -3.58. The van der Waals surface area contributed by atoms with E-state index in [1.54, 1.807) is 23.1 Å². The zero-order valence-electron chi connectivity index (χ0n) is 15.6. The lowest BCUT2D eigenvalue weighted by Gasteiger charge is -2.36. The lowest BCUT2D eigenvalue weighted by atomic mass is 10.2. The molecule has 1 amide bonds. The number of carbonyl (C=O) groups is 1. The molecule has 4 rings (SSSR count). The predicted octanol–water partition coefficient (Wildman–Crippen LogP) is 1.38. The topological polar surface area (TPSA) is 82.1 Å². The molecule has 2 aliphatic heterocycles. The van der Waals surface area contributed by atoms with E-state index < -0.39 is 10.0 Å². The van der Waals surface area contributed by atoms with Crippen LogP contribution in [0.25, 0.3) is 0 Å². The summed E-state index contributed by atoms with van der Waals surface area (Å²) in [5.74, 6) is 0.141. The normalized spacial score (nSPS) is 19.4. The molecule has 28 heavy (non-hydrogen) atoms. The molecule has 0 aliphatic carbocycles. The molecule has 0 aromatic heterocycles. The zero-order valence-corrected chi connectivity index (χ0v) is 16.4. The van der Waals surface area contributed by atoms with Crippen molar-refractivity contribution in [2.45, 2.75) is 11.8 Å². The van der Waals surface area contributed by atoms with Crippen LogP contribution in [0.15, 0.2) is 58.4 Å². The number of aryl methyl sites for hydroxylation is 1. The van der Waals surface area contributed by atoms with E-state index in [4.69, 9.17) is 0 Å². The summed E-state index contributed by atoms with van der Waals surface area (Å²) >= 11 is 0. The molecule has 1 N–H and O–H groups in total. The van der Waals surface area contributed by atoms with Gasteiger partial charge in [-0.05, 0) is 36.8 Å². The first-order valence-corrected chi connectivity index (χ1v) is 10.7. The molecule has 146 valence electrons. The number of aliphatic imine (C=N–C) groups is 1. The first kappa shape index (κ1) is 18.5. The standard InChI is InChI=1S/C20H22N4O3S/c1-15-5-4-6-16(13-15)23-9-11-24(12-10-23)19(25)14-21-20-17-7-2-3-8-18(17)28(26,27)22-20/h2-8,13H,9-12,14H2,1H3,(H,21,22). The van der Waals surface area contributed by atoms with Gasteiger partial charge in [-0.2, -0.15) is 0 Å². The number of anilines is 1. The van der Waals surface area contributed by atoms with E-state index in [1.807, 2.05) is 6.07 Å². The lowest BCUT2D eigenvalue weighted by Crippen LogP contribution is -2.49. The molecule has 0 atom stereocenters. The van der Waals surface area contributed by atoms with Crippen LogP contribution in [-0.4, -0.2) is 57.8 Å². The summed E-state index contributed by atoms with van der Waals surface area (Å²) < 4.78 is 26.7. The van der Waals surface area contributed by atoms with Crippen molar-refractivity contribution in [2.75, 3.05) is 37.6 Å². The zero-order chi connectivity index (χ0) is 19.7. The van der Waals surface area contributed by atoms with Crippen molar-refractivity contribution in [3.63, 3.8) is 0 Å². The molecule has 8 heteroatoms. The Balaban J connectivity index is 1.39. The number of rotatable bonds is 3. The van der Waals surface area contributed by atoms with E-state index in [-0.39, 0.29) is 23.2 Å². The quantitative estimate of drug-likeness (QED) is 0.847. The van der Waals surface area contributed by atoms with E-state index >= 15 is 0 Å². The van der Waals surface area contributed by atoms with Gasteiger partial charge in [-0.15, -0.1) is 0 Å². The van der Waals surface area contributed by atoms with Gasteiger partial charge in [-0.1, -0.05) is 24.3 Å². The van der Waals surface area contributed by atoms with Gasteiger partial charge in [-0.3, -0.25) is 14.5 Å². The first-order chi connectivity index (χ1) is 13.4. The number of hydrogen-bond donors (Lipinski definition) is 1. The monoisotopic (exact) mass is 398 g/mol. The highest BCUT2D eigenvalue weighted by atomic mass is 32.2. The van der Waals surface area contributed by atoms with Crippen molar-refractivity contribution in [2.24, 2.45) is 4.99 Å². The number of amides is 1. The van der Waals surface area contributed by atoms with Crippen LogP contribution < -0.4 is 9.62 Å². The maximum absolute atomic E-state index is 12.5. The van der Waals surface area contributed by atoms with Crippen molar-refractivity contribution >= 4 is 27.5 Å². The van der Waals surface area contributed by atoms with Gasteiger partial charge in [0, 0.05) is 37.4 Å². The van der Waals surface area contributed by atoms with Crippen LogP contribution in [0.2, 0.25) is 0 Å². The van der Waals surface area contributed by atoms with Crippen LogP contribution in [0.1, 0.15) is 11.1 Å². The van der Waals surface area contributed by atoms with Gasteiger partial charge in [-0.25, -0.2) is 8.42 Å². The molecule has 1 saturated heterocycles. The largest absolute Gasteiger partial charge is 0.368 e. The fourth-order valence-electron chi connectivity index (χ4n) is 3.54. The minimum atomic E-state index is -3.58. The molecular formula is C20H22N4O3S. The van der Waals surface area contributed by atoms with Crippen LogP contribution >= 0.6 is 0 Å². The molecule has 2 aliphatic rings. The number of hydrogen-bond acceptors (Lipinski definition) is 5. The molecule has 2 heterocycles. The summed E-state index contributed by atoms with van der Waals surface area (Å²) in [5.41, 5.74) is 2.90. The first-order valence-electron chi connectivity index (χ1n) is 9.20. The minimum Gasteiger partial charge on any atom is -0.368 e. The van der Waals surface area contributed by atoms with Gasteiger partial charge in [0.1, 0.15) is 12.4 Å². The Hall–Kier alpha value is -2.87. The fourth-order valence-corrected chi connectivity index (χ4v) is 4.79. The summed E-state index contributed by atoms with van der Waals surface area (Å²) in [6, 6.07) is 15.0. The van der Waals surface area contributed by atoms with Gasteiger partial charge in [0.2, 0.25) is 5.91 Å². The Bertz CT molecular complexity index is 1040. The molecular weight excluding hydrogens is 376 g/mol. The van der Waals surface area contributed by atoms with Crippen LogP contribution in [-0.2, 0) is 14.8 Å². The second-order valence-electron chi connectivity index (χ2n) is 6.97. The van der Waals surface area contributed by atoms with Gasteiger partial charge >= 0.3 is 0 Å². The third kappa shape index (κ3) is 3.60. The molecule has 0 radical (unpaired) electrons. The average Bonchev–Trinajstić information content (AvgIpc) is 2.97. The van der Waals surface area contributed by atoms with Crippen LogP contribution in [0.3, 0.4) is 0 Å². The highest BCUT2D eigenvalue weighted by molar-refractivity contribution is 7.90. The van der Waals surface area contributed by atoms with Gasteiger partial charge in [0.15, 0.2) is 0 Å². The number of amidine groups is 1. The summed E-state index contributed by atoms with van der Waals surface area (Å²) in [6.07, 6.45) is 0. The Labute approximate surface area is 164 Å². The maximum atomic E-state index is 12.5. The van der Waals surface area contributed by atoms with Crippen molar-refractivity contribution in [1.82, 2.24) is 9.62 Å². The molecule has 2 aromatic carbocycles. The molecule has 7 nitrogen and oxygen atoms in total. The maximum Gasteiger partial charge on any atom is 0.263 e. The number of fused-ring (bicyclic) bond motifs is 1. The molecule has 0 unspecified atom stereocenters. The average molecular weight is 398 g/mol. The van der Waals surface area contributed by atoms with E-state index in [0.29, 0.717) is 18.7 Å². The third-order valence-electron chi connectivity index (χ3n) is 5.03. The second kappa shape index (κ2) is 7.27. The molecule has 0 saturated carbocycles. The smallest absolute Gasteiger partial charge is 0.263 e. The Morgan fingerprint density at radius 3 is 2.57 bits per heavy atom. The van der Waals surface area contributed by atoms with E-state index in [9.17, 15) is 13.2 Å². The Kier molecular flexibility index (Phi) is 4.80. The van der Waals surface area contributed by atoms with Crippen LogP contribution in [0.5, 0.6) is 0 Å². The predicted molar refractivity (Wildman–Crippen MR) is 108 cm³/mol. The van der Waals surface area contributed by atoms with Crippen LogP contribution in [0.4, 0.5) is 5.69 Å². The number of piperazine rings is 1. The summed E-state index contributed by atoms with van der Waals surface area (Å²) in [4.78, 5) is 21.0. The van der Waals surface area contributed by atoms with Gasteiger partial charge < -0.3 is 9.80 Å². The highest BCUT2D eigenvalue weighted by Gasteiger charge is 2.30. The van der Waals surface area contributed by atoms with Gasteiger partial charge in [0.25, 0.3) is 10.0 Å². The number of nitrogens with zero attached hydrogens (tertiary/aromatic N) is 3. The minimum absolute atomic E-state index is 0.0728. The molecule has 0 spiro atoms. The number of sulfonamides is 1. The summed E-state index contributed by atoms with van der Waals surface area (Å²) in [5, 5.41) is 0. The number of nitrogens with one attached hydrogen (secondary N) is 1. The molecule has 2 aromatic rings. The number of carbonyl (C=O) groups excluding carboxylic acids is 1. The second-order valence-corrected chi connectivity index (χ2v) is 8.62. The van der Waals surface area contributed by atoms with Crippen molar-refractivity contribution < 1.29 is 13.2 Å². The van der Waals surface area contributed by atoms with Crippen molar-refractivity contribution in [3.05, 3.63) is 59.7 Å². The Morgan fingerprint density at radius 1 is 1.07 bits per heavy atom. The number of benzene rings is 2. The fraction of sp³-hybridized carbons (Fsp3) is 0.300. The molecule has 0 bridgehead atoms. The molecule has 1 fully saturated rings. The van der Waals surface area contributed by atoms with E-state index in [1.165, 1.54) is 17.3 Å². The van der Waals surface area contributed by atoms with Gasteiger partial charge in [0.05, 0.1) is 4.90 Å². The highest BCUT2D eigenvalue weighted by Crippen LogP contribution is 2.22. The Morgan fingerprint density at radius 2 is 1.82 bits per heavy atom. The van der Waals surface area contributed by atoms with Crippen LogP contribution in [0, 0.1) is 6.92 Å². The summed E-state index contributed by atoms with van der Waals surface area (Å²) in [6.45, 7) is 4.77. The van der Waals surface area contributed by atoms with Crippen molar-refractivity contribution in [3.8, 4) is 0 Å².